The zero-order chi connectivity index (χ0) is 18.8. The summed E-state index contributed by atoms with van der Waals surface area (Å²) in [6.45, 7) is 6.36. The number of aryl methyl sites for hydroxylation is 1. The Hall–Kier alpha value is -2.51. The summed E-state index contributed by atoms with van der Waals surface area (Å²) in [5.41, 5.74) is 5.02. The van der Waals surface area contributed by atoms with Crippen LogP contribution >= 0.6 is 11.6 Å². The van der Waals surface area contributed by atoms with Crippen LogP contribution < -0.4 is 4.74 Å². The molecule has 5 heteroatoms. The summed E-state index contributed by atoms with van der Waals surface area (Å²) < 4.78 is 7.24. The lowest BCUT2D eigenvalue weighted by Gasteiger charge is -2.14. The minimum atomic E-state index is 0.432. The zero-order valence-corrected chi connectivity index (χ0v) is 16.3. The Balaban J connectivity index is 2.24. The third kappa shape index (κ3) is 3.04. The second-order valence-electron chi connectivity index (χ2n) is 6.40. The maximum atomic E-state index is 9.63. The first kappa shape index (κ1) is 18.3. The first-order valence-electron chi connectivity index (χ1n) is 8.80. The van der Waals surface area contributed by atoms with Crippen molar-refractivity contribution in [1.82, 2.24) is 9.38 Å². The van der Waals surface area contributed by atoms with E-state index >= 15 is 0 Å². The van der Waals surface area contributed by atoms with Gasteiger partial charge in [0.1, 0.15) is 11.8 Å². The number of halogens is 1. The summed E-state index contributed by atoms with van der Waals surface area (Å²) in [7, 11) is 1.61. The maximum absolute atomic E-state index is 9.63. The van der Waals surface area contributed by atoms with E-state index in [2.05, 4.69) is 26.1 Å². The third-order valence-electron chi connectivity index (χ3n) is 4.99. The average Bonchev–Trinajstić information content (AvgIpc) is 2.98. The van der Waals surface area contributed by atoms with E-state index in [1.54, 1.807) is 13.2 Å². The van der Waals surface area contributed by atoms with E-state index in [0.29, 0.717) is 27.9 Å². The van der Waals surface area contributed by atoms with Gasteiger partial charge in [0.25, 0.3) is 0 Å². The molecule has 0 amide bonds. The molecule has 0 atom stereocenters. The van der Waals surface area contributed by atoms with Gasteiger partial charge >= 0.3 is 0 Å². The number of pyridine rings is 1. The number of benzene rings is 1. The summed E-state index contributed by atoms with van der Waals surface area (Å²) in [5.74, 6) is 1.13. The molecular weight excluding hydrogens is 346 g/mol. The molecule has 2 heterocycles. The lowest BCUT2D eigenvalue weighted by atomic mass is 9.94. The fourth-order valence-electron chi connectivity index (χ4n) is 3.41. The average molecular weight is 368 g/mol. The normalized spacial score (nSPS) is 11.1. The van der Waals surface area contributed by atoms with Gasteiger partial charge in [0.2, 0.25) is 0 Å². The van der Waals surface area contributed by atoms with Gasteiger partial charge in [-0.1, -0.05) is 25.4 Å². The van der Waals surface area contributed by atoms with Crippen LogP contribution in [-0.4, -0.2) is 16.5 Å². The Morgan fingerprint density at radius 1 is 1.27 bits per heavy atom. The van der Waals surface area contributed by atoms with Gasteiger partial charge in [0, 0.05) is 17.5 Å². The molecule has 0 aliphatic heterocycles. The van der Waals surface area contributed by atoms with Crippen molar-refractivity contribution in [3.63, 3.8) is 0 Å². The molecule has 1 aromatic carbocycles. The van der Waals surface area contributed by atoms with Crippen molar-refractivity contribution in [2.75, 3.05) is 7.11 Å². The molecule has 3 rings (SSSR count). The van der Waals surface area contributed by atoms with E-state index in [9.17, 15) is 5.26 Å². The number of nitriles is 1. The monoisotopic (exact) mass is 367 g/mol. The number of nitrogens with zero attached hydrogens (tertiary/aromatic N) is 3. The van der Waals surface area contributed by atoms with Crippen LogP contribution in [0, 0.1) is 18.3 Å². The Kier molecular flexibility index (Phi) is 5.20. The summed E-state index contributed by atoms with van der Waals surface area (Å²) in [6.07, 6.45) is 4.19. The van der Waals surface area contributed by atoms with Gasteiger partial charge in [0.15, 0.2) is 5.65 Å². The van der Waals surface area contributed by atoms with Gasteiger partial charge in [0.05, 0.1) is 23.4 Å². The van der Waals surface area contributed by atoms with Crippen molar-refractivity contribution in [1.29, 1.82) is 5.26 Å². The van der Waals surface area contributed by atoms with Crippen LogP contribution in [-0.2, 0) is 0 Å². The Labute approximate surface area is 159 Å². The minimum absolute atomic E-state index is 0.432. The molecular formula is C21H22ClN3O. The number of fused-ring (bicyclic) bond motifs is 1. The minimum Gasteiger partial charge on any atom is -0.497 e. The second kappa shape index (κ2) is 7.39. The molecule has 4 nitrogen and oxygen atoms in total. The number of aromatic nitrogens is 2. The van der Waals surface area contributed by atoms with E-state index in [-0.39, 0.29) is 0 Å². The quantitative estimate of drug-likeness (QED) is 0.577. The molecule has 0 radical (unpaired) electrons. The number of hydrogen-bond donors (Lipinski definition) is 0. The van der Waals surface area contributed by atoms with Gasteiger partial charge in [-0.05, 0) is 55.5 Å². The van der Waals surface area contributed by atoms with Crippen molar-refractivity contribution >= 4 is 17.2 Å². The Morgan fingerprint density at radius 2 is 2.00 bits per heavy atom. The van der Waals surface area contributed by atoms with E-state index in [4.69, 9.17) is 21.3 Å². The molecule has 0 saturated heterocycles. The van der Waals surface area contributed by atoms with Gasteiger partial charge in [-0.2, -0.15) is 5.26 Å². The van der Waals surface area contributed by atoms with Crippen LogP contribution in [0.15, 0.2) is 30.5 Å². The van der Waals surface area contributed by atoms with Crippen LogP contribution in [0.4, 0.5) is 0 Å². The van der Waals surface area contributed by atoms with E-state index in [1.165, 1.54) is 5.56 Å². The standard InChI is InChI=1S/C21H22ClN3O/c1-5-14(6-2)16-9-15(11-23)21-24-20(13(3)25(21)12-16)18-8-7-17(26-4)10-19(18)22/h7-10,12,14H,5-6H2,1-4H3. The summed E-state index contributed by atoms with van der Waals surface area (Å²) in [5, 5.41) is 10.2. The lowest BCUT2D eigenvalue weighted by molar-refractivity contribution is 0.415. The fourth-order valence-corrected chi connectivity index (χ4v) is 3.67. The summed E-state index contributed by atoms with van der Waals surface area (Å²) >= 11 is 6.45. The molecule has 2 aromatic heterocycles. The Morgan fingerprint density at radius 3 is 2.58 bits per heavy atom. The van der Waals surface area contributed by atoms with Crippen molar-refractivity contribution in [3.8, 4) is 23.1 Å². The molecule has 0 saturated carbocycles. The van der Waals surface area contributed by atoms with Crippen LogP contribution in [0.25, 0.3) is 16.9 Å². The van der Waals surface area contributed by atoms with Crippen molar-refractivity contribution < 1.29 is 4.74 Å². The molecule has 0 aliphatic rings. The molecule has 0 unspecified atom stereocenters. The first-order valence-corrected chi connectivity index (χ1v) is 9.18. The van der Waals surface area contributed by atoms with E-state index in [1.807, 2.05) is 29.5 Å². The van der Waals surface area contributed by atoms with Gasteiger partial charge in [-0.3, -0.25) is 0 Å². The molecule has 26 heavy (non-hydrogen) atoms. The number of methoxy groups -OCH3 is 1. The highest BCUT2D eigenvalue weighted by Gasteiger charge is 2.18. The highest BCUT2D eigenvalue weighted by atomic mass is 35.5. The van der Waals surface area contributed by atoms with E-state index < -0.39 is 0 Å². The number of imidazole rings is 1. The third-order valence-corrected chi connectivity index (χ3v) is 5.30. The maximum Gasteiger partial charge on any atom is 0.155 e. The molecule has 0 bridgehead atoms. The topological polar surface area (TPSA) is 50.3 Å². The Bertz CT molecular complexity index is 997. The SMILES string of the molecule is CCC(CC)c1cc(C#N)c2nc(-c3ccc(OC)cc3Cl)c(C)n2c1. The van der Waals surface area contributed by atoms with Crippen molar-refractivity contribution in [2.45, 2.75) is 39.5 Å². The summed E-state index contributed by atoms with van der Waals surface area (Å²) in [6, 6.07) is 9.83. The molecule has 0 N–H and O–H groups in total. The van der Waals surface area contributed by atoms with Gasteiger partial charge < -0.3 is 9.14 Å². The predicted molar refractivity (Wildman–Crippen MR) is 105 cm³/mol. The number of ether oxygens (including phenoxy) is 1. The van der Waals surface area contributed by atoms with Crippen molar-refractivity contribution in [2.24, 2.45) is 0 Å². The predicted octanol–water partition coefficient (Wildman–Crippen LogP) is 5.75. The van der Waals surface area contributed by atoms with E-state index in [0.717, 1.165) is 29.8 Å². The van der Waals surface area contributed by atoms with Crippen LogP contribution in [0.2, 0.25) is 5.02 Å². The van der Waals surface area contributed by atoms with Crippen molar-refractivity contribution in [3.05, 3.63) is 52.3 Å². The highest BCUT2D eigenvalue weighted by Crippen LogP contribution is 2.34. The molecule has 0 spiro atoms. The largest absolute Gasteiger partial charge is 0.497 e. The lowest BCUT2D eigenvalue weighted by Crippen LogP contribution is -2.01. The number of hydrogen-bond acceptors (Lipinski definition) is 3. The smallest absolute Gasteiger partial charge is 0.155 e. The second-order valence-corrected chi connectivity index (χ2v) is 6.80. The highest BCUT2D eigenvalue weighted by molar-refractivity contribution is 6.33. The number of rotatable bonds is 5. The first-order chi connectivity index (χ1) is 12.5. The molecule has 0 aliphatic carbocycles. The van der Waals surface area contributed by atoms with Crippen LogP contribution in [0.5, 0.6) is 5.75 Å². The molecule has 134 valence electrons. The summed E-state index contributed by atoms with van der Waals surface area (Å²) in [4.78, 5) is 4.74. The van der Waals surface area contributed by atoms with Crippen LogP contribution in [0.1, 0.15) is 49.4 Å². The molecule has 0 fully saturated rings. The van der Waals surface area contributed by atoms with Gasteiger partial charge in [-0.25, -0.2) is 4.98 Å². The molecule has 3 aromatic rings. The zero-order valence-electron chi connectivity index (χ0n) is 15.5. The fraction of sp³-hybridized carbons (Fsp3) is 0.333. The van der Waals surface area contributed by atoms with Gasteiger partial charge in [-0.15, -0.1) is 0 Å². The van der Waals surface area contributed by atoms with Crippen LogP contribution in [0.3, 0.4) is 0 Å².